The van der Waals surface area contributed by atoms with E-state index < -0.39 is 0 Å². The predicted octanol–water partition coefficient (Wildman–Crippen LogP) is 3.76. The molecule has 1 aromatic carbocycles. The molecule has 2 aromatic heterocycles. The van der Waals surface area contributed by atoms with E-state index in [4.69, 9.17) is 8.83 Å². The summed E-state index contributed by atoms with van der Waals surface area (Å²) >= 11 is 1.66. The molecule has 0 atom stereocenters. The van der Waals surface area contributed by atoms with Crippen molar-refractivity contribution in [2.75, 3.05) is 26.2 Å². The molecule has 6 nitrogen and oxygen atoms in total. The van der Waals surface area contributed by atoms with Crippen molar-refractivity contribution in [1.82, 2.24) is 9.80 Å². The highest BCUT2D eigenvalue weighted by molar-refractivity contribution is 7.98. The zero-order chi connectivity index (χ0) is 19.3. The second-order valence-corrected chi connectivity index (χ2v) is 7.48. The molecule has 4 rings (SSSR count). The van der Waals surface area contributed by atoms with Gasteiger partial charge in [-0.2, -0.15) is 0 Å². The average molecular weight is 396 g/mol. The summed E-state index contributed by atoms with van der Waals surface area (Å²) in [5, 5.41) is 0. The third kappa shape index (κ3) is 4.14. The summed E-state index contributed by atoms with van der Waals surface area (Å²) < 4.78 is 10.9. The topological polar surface area (TPSA) is 66.9 Å². The molecule has 0 unspecified atom stereocenters. The van der Waals surface area contributed by atoms with E-state index in [1.807, 2.05) is 36.4 Å². The van der Waals surface area contributed by atoms with Gasteiger partial charge in [0.25, 0.3) is 11.8 Å². The minimum Gasteiger partial charge on any atom is -0.459 e. The molecule has 144 valence electrons. The minimum absolute atomic E-state index is 0.138. The third-order valence-corrected chi connectivity index (χ3v) is 5.62. The van der Waals surface area contributed by atoms with E-state index in [0.717, 1.165) is 10.7 Å². The summed E-state index contributed by atoms with van der Waals surface area (Å²) in [6.45, 7) is 1.89. The van der Waals surface area contributed by atoms with Crippen molar-refractivity contribution in [2.24, 2.45) is 0 Å². The Labute approximate surface area is 167 Å². The van der Waals surface area contributed by atoms with Crippen molar-refractivity contribution in [3.63, 3.8) is 0 Å². The second-order valence-electron chi connectivity index (χ2n) is 6.43. The van der Waals surface area contributed by atoms with Gasteiger partial charge in [-0.3, -0.25) is 9.59 Å². The largest absolute Gasteiger partial charge is 0.459 e. The van der Waals surface area contributed by atoms with Crippen LogP contribution in [0.4, 0.5) is 0 Å². The summed E-state index contributed by atoms with van der Waals surface area (Å²) in [4.78, 5) is 29.6. The number of hydrogen-bond donors (Lipinski definition) is 0. The normalized spacial score (nSPS) is 14.3. The molecule has 0 saturated carbocycles. The smallest absolute Gasteiger partial charge is 0.289 e. The molecule has 0 N–H and O–H groups in total. The third-order valence-electron chi connectivity index (χ3n) is 4.58. The summed E-state index contributed by atoms with van der Waals surface area (Å²) in [7, 11) is 0. The van der Waals surface area contributed by atoms with Crippen LogP contribution in [0.1, 0.15) is 26.9 Å². The number of amides is 2. The lowest BCUT2D eigenvalue weighted by Crippen LogP contribution is -2.50. The average Bonchev–Trinajstić information content (AvgIpc) is 3.44. The van der Waals surface area contributed by atoms with E-state index >= 15 is 0 Å². The first-order valence-electron chi connectivity index (χ1n) is 9.09. The maximum Gasteiger partial charge on any atom is 0.289 e. The zero-order valence-electron chi connectivity index (χ0n) is 15.2. The van der Waals surface area contributed by atoms with Gasteiger partial charge in [0.2, 0.25) is 0 Å². The molecule has 7 heteroatoms. The first-order chi connectivity index (χ1) is 13.7. The Kier molecular flexibility index (Phi) is 5.53. The van der Waals surface area contributed by atoms with Gasteiger partial charge in [0.15, 0.2) is 11.5 Å². The van der Waals surface area contributed by atoms with Crippen LogP contribution in [0.2, 0.25) is 0 Å². The molecule has 1 fully saturated rings. The molecular weight excluding hydrogens is 376 g/mol. The van der Waals surface area contributed by atoms with Crippen molar-refractivity contribution in [1.29, 1.82) is 0 Å². The quantitative estimate of drug-likeness (QED) is 0.614. The molecule has 1 saturated heterocycles. The molecular formula is C21H20N2O4S. The molecule has 3 aromatic rings. The number of benzene rings is 1. The van der Waals surface area contributed by atoms with Crippen molar-refractivity contribution >= 4 is 23.6 Å². The Balaban J connectivity index is 1.30. The van der Waals surface area contributed by atoms with Gasteiger partial charge in [-0.15, -0.1) is 11.8 Å². The van der Waals surface area contributed by atoms with Crippen LogP contribution in [0.15, 0.2) is 74.6 Å². The van der Waals surface area contributed by atoms with E-state index in [1.54, 1.807) is 39.8 Å². The van der Waals surface area contributed by atoms with Crippen molar-refractivity contribution < 1.29 is 18.4 Å². The maximum atomic E-state index is 12.7. The highest BCUT2D eigenvalue weighted by atomic mass is 32.2. The Morgan fingerprint density at radius 3 is 2.14 bits per heavy atom. The highest BCUT2D eigenvalue weighted by Gasteiger charge is 2.27. The Bertz CT molecular complexity index is 928. The lowest BCUT2D eigenvalue weighted by Gasteiger charge is -2.33. The van der Waals surface area contributed by atoms with Gasteiger partial charge in [0.05, 0.1) is 12.0 Å². The number of carbonyl (C=O) groups excluding carboxylic acids is 2. The van der Waals surface area contributed by atoms with Gasteiger partial charge in [-0.05, 0) is 36.4 Å². The van der Waals surface area contributed by atoms with Crippen LogP contribution >= 0.6 is 11.8 Å². The van der Waals surface area contributed by atoms with Crippen LogP contribution in [0.3, 0.4) is 0 Å². The van der Waals surface area contributed by atoms with E-state index in [1.165, 1.54) is 6.26 Å². The highest BCUT2D eigenvalue weighted by Crippen LogP contribution is 2.24. The SMILES string of the molecule is O=C(c1ccco1)N1CCN(C(=O)c2ccc(CSc3ccccc3)o2)CC1. The van der Waals surface area contributed by atoms with Gasteiger partial charge in [0, 0.05) is 31.1 Å². The van der Waals surface area contributed by atoms with E-state index in [0.29, 0.717) is 43.5 Å². The molecule has 28 heavy (non-hydrogen) atoms. The van der Waals surface area contributed by atoms with Gasteiger partial charge >= 0.3 is 0 Å². The van der Waals surface area contributed by atoms with Gasteiger partial charge in [-0.1, -0.05) is 18.2 Å². The molecule has 0 spiro atoms. The predicted molar refractivity (Wildman–Crippen MR) is 105 cm³/mol. The molecule has 3 heterocycles. The van der Waals surface area contributed by atoms with Crippen LogP contribution in [0.5, 0.6) is 0 Å². The fraction of sp³-hybridized carbons (Fsp3) is 0.238. The lowest BCUT2D eigenvalue weighted by atomic mass is 10.2. The summed E-state index contributed by atoms with van der Waals surface area (Å²) in [6, 6.07) is 17.0. The van der Waals surface area contributed by atoms with Crippen LogP contribution < -0.4 is 0 Å². The lowest BCUT2D eigenvalue weighted by molar-refractivity contribution is 0.0501. The number of carbonyl (C=O) groups is 2. The van der Waals surface area contributed by atoms with Gasteiger partial charge < -0.3 is 18.6 Å². The van der Waals surface area contributed by atoms with Crippen molar-refractivity contribution in [2.45, 2.75) is 10.6 Å². The summed E-state index contributed by atoms with van der Waals surface area (Å²) in [6.07, 6.45) is 1.48. The molecule has 1 aliphatic rings. The number of rotatable bonds is 5. The van der Waals surface area contributed by atoms with Crippen LogP contribution in [0, 0.1) is 0 Å². The summed E-state index contributed by atoms with van der Waals surface area (Å²) in [5.41, 5.74) is 0. The maximum absolute atomic E-state index is 12.7. The Morgan fingerprint density at radius 2 is 1.50 bits per heavy atom. The van der Waals surface area contributed by atoms with Crippen molar-refractivity contribution in [3.05, 3.63) is 78.1 Å². The number of thioether (sulfide) groups is 1. The first kappa shape index (κ1) is 18.4. The van der Waals surface area contributed by atoms with Crippen LogP contribution in [0.25, 0.3) is 0 Å². The molecule has 0 radical (unpaired) electrons. The van der Waals surface area contributed by atoms with Crippen molar-refractivity contribution in [3.8, 4) is 0 Å². The first-order valence-corrected chi connectivity index (χ1v) is 10.1. The molecule has 0 bridgehead atoms. The van der Waals surface area contributed by atoms with Gasteiger partial charge in [-0.25, -0.2) is 0 Å². The monoisotopic (exact) mass is 396 g/mol. The standard InChI is InChI=1S/C21H20N2O4S/c24-20(18-7-4-14-26-18)22-10-12-23(13-11-22)21(25)19-9-8-16(27-19)15-28-17-5-2-1-3-6-17/h1-9,14H,10-13,15H2. The molecule has 0 aliphatic carbocycles. The number of piperazine rings is 1. The Hall–Kier alpha value is -2.93. The van der Waals surface area contributed by atoms with E-state index in [-0.39, 0.29) is 11.8 Å². The van der Waals surface area contributed by atoms with Crippen LogP contribution in [-0.2, 0) is 5.75 Å². The minimum atomic E-state index is -0.143. The van der Waals surface area contributed by atoms with Crippen LogP contribution in [-0.4, -0.2) is 47.8 Å². The number of hydrogen-bond acceptors (Lipinski definition) is 5. The number of nitrogens with zero attached hydrogens (tertiary/aromatic N) is 2. The number of furan rings is 2. The second kappa shape index (κ2) is 8.39. The van der Waals surface area contributed by atoms with Gasteiger partial charge in [0.1, 0.15) is 5.76 Å². The molecule has 1 aliphatic heterocycles. The van der Waals surface area contributed by atoms with E-state index in [9.17, 15) is 9.59 Å². The van der Waals surface area contributed by atoms with E-state index in [2.05, 4.69) is 0 Å². The Morgan fingerprint density at radius 1 is 0.821 bits per heavy atom. The fourth-order valence-electron chi connectivity index (χ4n) is 3.07. The fourth-order valence-corrected chi connectivity index (χ4v) is 3.88. The molecule has 2 amide bonds. The zero-order valence-corrected chi connectivity index (χ0v) is 16.1. The summed E-state index contributed by atoms with van der Waals surface area (Å²) in [5.74, 6) is 1.82.